The van der Waals surface area contributed by atoms with E-state index in [4.69, 9.17) is 15.4 Å². The number of halogens is 3. The van der Waals surface area contributed by atoms with Gasteiger partial charge in [0, 0.05) is 16.9 Å². The molecular weight excluding hydrogens is 324 g/mol. The van der Waals surface area contributed by atoms with Gasteiger partial charge in [-0.15, -0.1) is 0 Å². The van der Waals surface area contributed by atoms with Gasteiger partial charge in [-0.05, 0) is 26.0 Å². The molecule has 0 radical (unpaired) electrons. The first-order chi connectivity index (χ1) is 9.70. The van der Waals surface area contributed by atoms with Gasteiger partial charge in [0.15, 0.2) is 0 Å². The number of hydrogen-bond donors (Lipinski definition) is 0. The molecule has 2 aromatic rings. The Kier molecular flexibility index (Phi) is 4.43. The third-order valence-corrected chi connectivity index (χ3v) is 4.13. The Hall–Kier alpha value is -1.34. The Morgan fingerprint density at radius 2 is 2.00 bits per heavy atom. The molecule has 0 saturated carbocycles. The molecule has 116 valence electrons. The van der Waals surface area contributed by atoms with Crippen molar-refractivity contribution in [1.29, 1.82) is 0 Å². The third kappa shape index (κ3) is 3.47. The van der Waals surface area contributed by atoms with Crippen molar-refractivity contribution in [2.45, 2.75) is 37.8 Å². The summed E-state index contributed by atoms with van der Waals surface area (Å²) in [4.78, 5) is -0.226. The highest BCUT2D eigenvalue weighted by Gasteiger charge is 2.23. The van der Waals surface area contributed by atoms with Crippen molar-refractivity contribution in [2.24, 2.45) is 0 Å². The number of rotatable bonds is 5. The summed E-state index contributed by atoms with van der Waals surface area (Å²) in [6.45, 7) is 2.95. The second-order valence-electron chi connectivity index (χ2n) is 4.79. The molecular formula is C13H14ClF2NO3S. The van der Waals surface area contributed by atoms with E-state index in [0.29, 0.717) is 11.3 Å². The maximum atomic E-state index is 12.6. The average Bonchev–Trinajstić information content (AvgIpc) is 2.68. The van der Waals surface area contributed by atoms with E-state index in [-0.39, 0.29) is 16.4 Å². The van der Waals surface area contributed by atoms with Crippen LogP contribution < -0.4 is 4.74 Å². The Bertz CT molecular complexity index is 756. The average molecular weight is 338 g/mol. The van der Waals surface area contributed by atoms with Crippen LogP contribution in [0.4, 0.5) is 8.78 Å². The molecule has 0 aliphatic rings. The number of aromatic nitrogens is 1. The van der Waals surface area contributed by atoms with Crippen molar-refractivity contribution in [3.63, 3.8) is 0 Å². The SMILES string of the molecule is CC(C)Oc1cccc2c1c(S(=O)(=O)Cl)cn2CC(F)F. The van der Waals surface area contributed by atoms with E-state index >= 15 is 0 Å². The summed E-state index contributed by atoms with van der Waals surface area (Å²) in [5.41, 5.74) is 0.340. The molecule has 0 spiro atoms. The van der Waals surface area contributed by atoms with E-state index in [1.165, 1.54) is 4.57 Å². The number of ether oxygens (including phenoxy) is 1. The Labute approximate surface area is 125 Å². The van der Waals surface area contributed by atoms with Gasteiger partial charge in [0.1, 0.15) is 10.6 Å². The first-order valence-electron chi connectivity index (χ1n) is 6.21. The van der Waals surface area contributed by atoms with Crippen LogP contribution in [0, 0.1) is 0 Å². The first kappa shape index (κ1) is 16.0. The molecule has 0 aliphatic carbocycles. The van der Waals surface area contributed by atoms with Gasteiger partial charge < -0.3 is 9.30 Å². The highest BCUT2D eigenvalue weighted by Crippen LogP contribution is 2.35. The second-order valence-corrected chi connectivity index (χ2v) is 7.33. The van der Waals surface area contributed by atoms with E-state index in [0.717, 1.165) is 6.20 Å². The number of alkyl halides is 2. The number of hydrogen-bond acceptors (Lipinski definition) is 3. The molecule has 21 heavy (non-hydrogen) atoms. The van der Waals surface area contributed by atoms with Gasteiger partial charge in [0.2, 0.25) is 0 Å². The van der Waals surface area contributed by atoms with Crippen LogP contribution in [-0.2, 0) is 15.6 Å². The van der Waals surface area contributed by atoms with Gasteiger partial charge >= 0.3 is 0 Å². The van der Waals surface area contributed by atoms with Gasteiger partial charge in [0.05, 0.1) is 23.6 Å². The van der Waals surface area contributed by atoms with Crippen molar-refractivity contribution < 1.29 is 21.9 Å². The molecule has 1 aromatic carbocycles. The summed E-state index contributed by atoms with van der Waals surface area (Å²) < 4.78 is 55.4. The Balaban J connectivity index is 2.75. The van der Waals surface area contributed by atoms with Crippen LogP contribution in [0.25, 0.3) is 10.9 Å². The molecule has 0 fully saturated rings. The molecule has 0 unspecified atom stereocenters. The minimum absolute atomic E-state index is 0.195. The van der Waals surface area contributed by atoms with Crippen LogP contribution in [0.3, 0.4) is 0 Å². The number of fused-ring (bicyclic) bond motifs is 1. The van der Waals surface area contributed by atoms with Gasteiger partial charge in [-0.2, -0.15) is 0 Å². The van der Waals surface area contributed by atoms with Crippen LogP contribution in [0.5, 0.6) is 5.75 Å². The zero-order chi connectivity index (χ0) is 15.8. The van der Waals surface area contributed by atoms with Crippen LogP contribution in [0.15, 0.2) is 29.3 Å². The molecule has 0 N–H and O–H groups in total. The van der Waals surface area contributed by atoms with Crippen molar-refractivity contribution in [2.75, 3.05) is 0 Å². The zero-order valence-electron chi connectivity index (χ0n) is 11.4. The van der Waals surface area contributed by atoms with E-state index in [9.17, 15) is 17.2 Å². The minimum atomic E-state index is -4.08. The summed E-state index contributed by atoms with van der Waals surface area (Å²) in [7, 11) is 1.34. The fourth-order valence-corrected chi connectivity index (χ4v) is 3.17. The van der Waals surface area contributed by atoms with Gasteiger partial charge in [-0.1, -0.05) is 6.07 Å². The lowest BCUT2D eigenvalue weighted by atomic mass is 10.2. The lowest BCUT2D eigenvalue weighted by Crippen LogP contribution is -2.06. The first-order valence-corrected chi connectivity index (χ1v) is 8.52. The quantitative estimate of drug-likeness (QED) is 0.783. The van der Waals surface area contributed by atoms with E-state index < -0.39 is 22.0 Å². The molecule has 1 heterocycles. The van der Waals surface area contributed by atoms with Gasteiger partial charge in [-0.25, -0.2) is 17.2 Å². The second kappa shape index (κ2) is 5.81. The highest BCUT2D eigenvalue weighted by atomic mass is 35.7. The topological polar surface area (TPSA) is 48.3 Å². The van der Waals surface area contributed by atoms with Crippen LogP contribution in [-0.4, -0.2) is 25.5 Å². The fraction of sp³-hybridized carbons (Fsp3) is 0.385. The standard InChI is InChI=1S/C13H14ClF2NO3S/c1-8(2)20-10-5-3-4-9-13(10)11(21(14,18)19)6-17(9)7-12(15)16/h3-6,8,12H,7H2,1-2H3. The molecule has 0 saturated heterocycles. The maximum Gasteiger partial charge on any atom is 0.263 e. The normalized spacial score (nSPS) is 12.5. The third-order valence-electron chi connectivity index (χ3n) is 2.79. The van der Waals surface area contributed by atoms with Crippen LogP contribution >= 0.6 is 10.7 Å². The van der Waals surface area contributed by atoms with Gasteiger partial charge in [-0.3, -0.25) is 0 Å². The fourth-order valence-electron chi connectivity index (χ4n) is 2.12. The minimum Gasteiger partial charge on any atom is -0.490 e. The Morgan fingerprint density at radius 3 is 2.52 bits per heavy atom. The number of benzene rings is 1. The summed E-state index contributed by atoms with van der Waals surface area (Å²) in [6, 6.07) is 4.75. The molecule has 0 atom stereocenters. The van der Waals surface area contributed by atoms with Gasteiger partial charge in [0.25, 0.3) is 15.5 Å². The molecule has 0 aliphatic heterocycles. The molecule has 0 bridgehead atoms. The molecule has 4 nitrogen and oxygen atoms in total. The smallest absolute Gasteiger partial charge is 0.263 e. The van der Waals surface area contributed by atoms with Crippen LogP contribution in [0.1, 0.15) is 13.8 Å². The van der Waals surface area contributed by atoms with E-state index in [1.54, 1.807) is 32.0 Å². The predicted molar refractivity (Wildman–Crippen MR) is 76.7 cm³/mol. The van der Waals surface area contributed by atoms with E-state index in [2.05, 4.69) is 0 Å². The predicted octanol–water partition coefficient (Wildman–Crippen LogP) is 3.62. The van der Waals surface area contributed by atoms with E-state index in [1.807, 2.05) is 0 Å². The van der Waals surface area contributed by atoms with Crippen molar-refractivity contribution in [1.82, 2.24) is 4.57 Å². The van der Waals surface area contributed by atoms with Crippen molar-refractivity contribution in [3.8, 4) is 5.75 Å². The largest absolute Gasteiger partial charge is 0.490 e. The highest BCUT2D eigenvalue weighted by molar-refractivity contribution is 8.14. The summed E-state index contributed by atoms with van der Waals surface area (Å²) >= 11 is 0. The van der Waals surface area contributed by atoms with Crippen molar-refractivity contribution >= 4 is 30.6 Å². The monoisotopic (exact) mass is 337 g/mol. The summed E-state index contributed by atoms with van der Waals surface area (Å²) in [5, 5.41) is 0.224. The lowest BCUT2D eigenvalue weighted by molar-refractivity contribution is 0.128. The molecule has 0 amide bonds. The maximum absolute atomic E-state index is 12.6. The Morgan fingerprint density at radius 1 is 1.33 bits per heavy atom. The zero-order valence-corrected chi connectivity index (χ0v) is 13.0. The van der Waals surface area contributed by atoms with Crippen LogP contribution in [0.2, 0.25) is 0 Å². The summed E-state index contributed by atoms with van der Waals surface area (Å²) in [6.07, 6.45) is -1.69. The lowest BCUT2D eigenvalue weighted by Gasteiger charge is -2.12. The van der Waals surface area contributed by atoms with Crippen molar-refractivity contribution in [3.05, 3.63) is 24.4 Å². The molecule has 1 aromatic heterocycles. The summed E-state index contributed by atoms with van der Waals surface area (Å²) in [5.74, 6) is 0.301. The molecule has 2 rings (SSSR count). The number of nitrogens with zero attached hydrogens (tertiary/aromatic N) is 1. The molecule has 8 heteroatoms.